The van der Waals surface area contributed by atoms with Crippen LogP contribution in [0.2, 0.25) is 10.0 Å². The third-order valence-electron chi connectivity index (χ3n) is 9.99. The van der Waals surface area contributed by atoms with Gasteiger partial charge in [0.2, 0.25) is 10.3 Å². The molecule has 4 aromatic carbocycles. The zero-order valence-corrected chi connectivity index (χ0v) is 35.4. The first-order valence-electron chi connectivity index (χ1n) is 18.9. The van der Waals surface area contributed by atoms with E-state index in [1.807, 2.05) is 91.0 Å². The Bertz CT molecular complexity index is 2240. The molecule has 2 fully saturated rings. The summed E-state index contributed by atoms with van der Waals surface area (Å²) in [6, 6.07) is 30.0. The molecular formula is C42H44Cl2N8O4S2. The van der Waals surface area contributed by atoms with Gasteiger partial charge in [-0.1, -0.05) is 47.5 Å². The third-order valence-corrected chi connectivity index (χ3v) is 12.0. The topological polar surface area (TPSA) is 120 Å². The van der Waals surface area contributed by atoms with Crippen LogP contribution in [0.1, 0.15) is 22.0 Å². The van der Waals surface area contributed by atoms with Crippen molar-refractivity contribution in [3.05, 3.63) is 118 Å². The number of carbonyl (C=O) groups is 1. The lowest BCUT2D eigenvalue weighted by atomic mass is 10.1. The first kappa shape index (κ1) is 41.5. The van der Waals surface area contributed by atoms with Gasteiger partial charge in [-0.05, 0) is 78.4 Å². The number of halogens is 2. The molecular weight excluding hydrogens is 816 g/mol. The van der Waals surface area contributed by atoms with Crippen molar-refractivity contribution < 1.29 is 19.4 Å². The second-order valence-electron chi connectivity index (χ2n) is 13.8. The van der Waals surface area contributed by atoms with Gasteiger partial charge in [-0.3, -0.25) is 14.6 Å². The summed E-state index contributed by atoms with van der Waals surface area (Å²) in [5.41, 5.74) is 3.49. The van der Waals surface area contributed by atoms with E-state index in [0.717, 1.165) is 96.7 Å². The molecule has 0 bridgehead atoms. The van der Waals surface area contributed by atoms with Gasteiger partial charge in [0.15, 0.2) is 17.4 Å². The van der Waals surface area contributed by atoms with Crippen molar-refractivity contribution in [1.82, 2.24) is 28.5 Å². The predicted octanol–water partition coefficient (Wildman–Crippen LogP) is 7.59. The van der Waals surface area contributed by atoms with Gasteiger partial charge in [-0.2, -0.15) is 18.7 Å². The maximum absolute atomic E-state index is 12.6. The van der Waals surface area contributed by atoms with Crippen LogP contribution in [-0.4, -0.2) is 119 Å². The number of rotatable bonds is 12. The fourth-order valence-electron chi connectivity index (χ4n) is 6.63. The average molecular weight is 860 g/mol. The average Bonchev–Trinajstić information content (AvgIpc) is 3.97. The van der Waals surface area contributed by atoms with Gasteiger partial charge in [0.1, 0.15) is 11.5 Å². The lowest BCUT2D eigenvalue weighted by molar-refractivity contribution is 0.0926. The van der Waals surface area contributed by atoms with Crippen molar-refractivity contribution in [3.63, 3.8) is 0 Å². The van der Waals surface area contributed by atoms with Crippen LogP contribution in [-0.2, 0) is 0 Å². The number of methoxy groups -OCH3 is 2. The molecule has 16 heteroatoms. The van der Waals surface area contributed by atoms with Gasteiger partial charge >= 0.3 is 0 Å². The molecule has 1 atom stereocenters. The van der Waals surface area contributed by atoms with Crippen LogP contribution in [0.3, 0.4) is 0 Å². The molecule has 58 heavy (non-hydrogen) atoms. The molecule has 2 aliphatic heterocycles. The predicted molar refractivity (Wildman–Crippen MR) is 233 cm³/mol. The fourth-order valence-corrected chi connectivity index (χ4v) is 8.36. The van der Waals surface area contributed by atoms with E-state index < -0.39 is 6.10 Å². The number of nitrogens with zero attached hydrogens (tertiary/aromatic N) is 8. The first-order chi connectivity index (χ1) is 28.2. The van der Waals surface area contributed by atoms with Crippen LogP contribution in [0, 0.1) is 0 Å². The number of hydrogen-bond acceptors (Lipinski definition) is 14. The van der Waals surface area contributed by atoms with E-state index >= 15 is 0 Å². The van der Waals surface area contributed by atoms with Gasteiger partial charge in [-0.25, -0.2) is 0 Å². The number of aromatic nitrogens is 4. The Morgan fingerprint density at radius 2 is 1.16 bits per heavy atom. The molecule has 4 heterocycles. The lowest BCUT2D eigenvalue weighted by Crippen LogP contribution is -2.48. The molecule has 8 rings (SSSR count). The number of anilines is 2. The molecule has 1 N–H and O–H groups in total. The molecule has 2 aromatic heterocycles. The summed E-state index contributed by atoms with van der Waals surface area (Å²) in [4.78, 5) is 30.9. The zero-order valence-electron chi connectivity index (χ0n) is 32.2. The Balaban J connectivity index is 0.000000177. The number of aliphatic hydroxyl groups is 1. The molecule has 0 spiro atoms. The molecule has 1 unspecified atom stereocenters. The number of aliphatic hydroxyl groups excluding tert-OH is 1. The number of β-amino-alcohol motifs (C(OH)–C–C–N with tert-alkyl or cyclic N) is 1. The van der Waals surface area contributed by atoms with Gasteiger partial charge in [-0.15, -0.1) is 0 Å². The summed E-state index contributed by atoms with van der Waals surface area (Å²) in [6.07, 6.45) is -0.533. The molecule has 0 saturated carbocycles. The van der Waals surface area contributed by atoms with Crippen LogP contribution in [0.4, 0.5) is 10.3 Å². The van der Waals surface area contributed by atoms with E-state index in [-0.39, 0.29) is 5.78 Å². The summed E-state index contributed by atoms with van der Waals surface area (Å²) >= 11 is 14.7. The number of ketones is 1. The number of piperazine rings is 2. The van der Waals surface area contributed by atoms with Gasteiger partial charge < -0.3 is 24.4 Å². The summed E-state index contributed by atoms with van der Waals surface area (Å²) in [5.74, 6) is 3.03. The van der Waals surface area contributed by atoms with Crippen molar-refractivity contribution in [2.24, 2.45) is 0 Å². The van der Waals surface area contributed by atoms with E-state index in [1.165, 1.54) is 23.1 Å². The molecule has 302 valence electrons. The van der Waals surface area contributed by atoms with Crippen molar-refractivity contribution >= 4 is 62.3 Å². The molecule has 6 aromatic rings. The molecule has 2 saturated heterocycles. The highest BCUT2D eigenvalue weighted by molar-refractivity contribution is 7.10. The number of benzene rings is 4. The number of ether oxygens (including phenoxy) is 2. The van der Waals surface area contributed by atoms with Crippen molar-refractivity contribution in [2.75, 3.05) is 89.5 Å². The van der Waals surface area contributed by atoms with Gasteiger partial charge in [0.05, 0.1) is 26.9 Å². The maximum Gasteiger partial charge on any atom is 0.205 e. The summed E-state index contributed by atoms with van der Waals surface area (Å²) < 4.78 is 19.4. The van der Waals surface area contributed by atoms with Gasteiger partial charge in [0, 0.05) is 109 Å². The molecule has 12 nitrogen and oxygen atoms in total. The third kappa shape index (κ3) is 10.9. The monoisotopic (exact) mass is 858 g/mol. The highest BCUT2D eigenvalue weighted by atomic mass is 35.5. The first-order valence-corrected chi connectivity index (χ1v) is 21.2. The molecule has 0 aliphatic carbocycles. The second kappa shape index (κ2) is 19.9. The van der Waals surface area contributed by atoms with Crippen LogP contribution in [0.25, 0.3) is 22.8 Å². The summed E-state index contributed by atoms with van der Waals surface area (Å²) in [5, 5.41) is 13.8. The highest BCUT2D eigenvalue weighted by Gasteiger charge is 2.24. The van der Waals surface area contributed by atoms with Crippen LogP contribution in [0.5, 0.6) is 11.5 Å². The van der Waals surface area contributed by atoms with Crippen molar-refractivity contribution in [2.45, 2.75) is 6.10 Å². The largest absolute Gasteiger partial charge is 0.497 e. The van der Waals surface area contributed by atoms with E-state index in [0.29, 0.717) is 34.4 Å². The molecule has 0 amide bonds. The number of carbonyl (C=O) groups excluding carboxylic acids is 1. The van der Waals surface area contributed by atoms with Crippen molar-refractivity contribution in [3.8, 4) is 34.3 Å². The summed E-state index contributed by atoms with van der Waals surface area (Å²) in [7, 11) is 3.24. The zero-order chi connectivity index (χ0) is 40.4. The normalized spacial score (nSPS) is 15.4. The van der Waals surface area contributed by atoms with Crippen LogP contribution >= 0.6 is 46.3 Å². The van der Waals surface area contributed by atoms with Gasteiger partial charge in [0.25, 0.3) is 0 Å². The van der Waals surface area contributed by atoms with Crippen LogP contribution in [0.15, 0.2) is 97.1 Å². The summed E-state index contributed by atoms with van der Waals surface area (Å²) in [6.45, 7) is 7.74. The quantitative estimate of drug-likeness (QED) is 0.122. The number of hydrogen-bond donors (Lipinski definition) is 1. The van der Waals surface area contributed by atoms with Crippen LogP contribution < -0.4 is 19.3 Å². The van der Waals surface area contributed by atoms with E-state index in [4.69, 9.17) is 37.7 Å². The number of Topliss-reactive ketones (excluding diaryl/α,β-unsaturated/α-hetero) is 1. The van der Waals surface area contributed by atoms with E-state index in [9.17, 15) is 9.90 Å². The van der Waals surface area contributed by atoms with Crippen molar-refractivity contribution in [1.29, 1.82) is 0 Å². The standard InChI is InChI=1S/C21H23ClN4O2S.C21H21ClN4O2S/c2*1-28-18-4-2-3-16(13-18)19(27)14-25-9-11-26(12-10-25)21-23-20(24-29-21)15-5-7-17(22)8-6-15/h2-8,13,19,27H,9-12,14H2,1H3;2-8,13H,9-12,14H2,1H3. The second-order valence-corrected chi connectivity index (χ2v) is 16.1. The maximum atomic E-state index is 12.6. The fraction of sp³-hybridized carbons (Fsp3) is 0.310. The minimum Gasteiger partial charge on any atom is -0.497 e. The SMILES string of the molecule is COc1cccc(C(=O)CN2CCN(c3nc(-c4ccc(Cl)cc4)ns3)CC2)c1.COc1cccc(C(O)CN2CCN(c3nc(-c4ccc(Cl)cc4)ns3)CC2)c1. The smallest absolute Gasteiger partial charge is 0.205 e. The molecule has 0 radical (unpaired) electrons. The Labute approximate surface area is 356 Å². The highest BCUT2D eigenvalue weighted by Crippen LogP contribution is 2.28. The Morgan fingerprint density at radius 3 is 1.67 bits per heavy atom. The Morgan fingerprint density at radius 1 is 0.672 bits per heavy atom. The lowest BCUT2D eigenvalue weighted by Gasteiger charge is -2.35. The minimum absolute atomic E-state index is 0.110. The van der Waals surface area contributed by atoms with E-state index in [2.05, 4.69) is 33.3 Å². The molecule has 2 aliphatic rings. The Kier molecular flexibility index (Phi) is 14.2. The van der Waals surface area contributed by atoms with E-state index in [1.54, 1.807) is 20.3 Å². The Hall–Kier alpha value is -4.67. The minimum atomic E-state index is -0.533.